The maximum atomic E-state index is 14.2. The highest BCUT2D eigenvalue weighted by atomic mass is 35.5. The van der Waals surface area contributed by atoms with Crippen molar-refractivity contribution in [3.63, 3.8) is 0 Å². The normalized spacial score (nSPS) is 12.3. The van der Waals surface area contributed by atoms with Gasteiger partial charge in [-0.1, -0.05) is 132 Å². The van der Waals surface area contributed by atoms with Crippen molar-refractivity contribution >= 4 is 23.2 Å². The lowest BCUT2D eigenvalue weighted by atomic mass is 10.0. The van der Waals surface area contributed by atoms with Gasteiger partial charge in [0.25, 0.3) is 0 Å². The van der Waals surface area contributed by atoms with Crippen molar-refractivity contribution in [3.05, 3.63) is 45.7 Å². The van der Waals surface area contributed by atoms with Crippen molar-refractivity contribution in [3.8, 4) is 11.4 Å². The Morgan fingerprint density at radius 1 is 0.676 bits per heavy atom. The van der Waals surface area contributed by atoms with Crippen LogP contribution >= 0.6 is 23.2 Å². The predicted octanol–water partition coefficient (Wildman–Crippen LogP) is 10.4. The number of benzene rings is 1. The lowest BCUT2D eigenvalue weighted by molar-refractivity contribution is 0.287. The second kappa shape index (κ2) is 17.3. The monoisotopic (exact) mass is 508 g/mol. The fourth-order valence-corrected chi connectivity index (χ4v) is 4.86. The van der Waals surface area contributed by atoms with Gasteiger partial charge >= 0.3 is 0 Å². The number of alkyl halides is 1. The van der Waals surface area contributed by atoms with Crippen molar-refractivity contribution in [1.29, 1.82) is 0 Å². The van der Waals surface area contributed by atoms with E-state index < -0.39 is 6.17 Å². The molecule has 0 amide bonds. The number of aryl methyl sites for hydroxylation is 1. The molecule has 0 N–H and O–H groups in total. The molecule has 0 aliphatic heterocycles. The van der Waals surface area contributed by atoms with Crippen LogP contribution in [-0.2, 0) is 12.8 Å². The third kappa shape index (κ3) is 11.0. The first kappa shape index (κ1) is 29.0. The van der Waals surface area contributed by atoms with Crippen LogP contribution in [0.15, 0.2) is 24.3 Å². The molecule has 1 aromatic carbocycles. The first-order valence-electron chi connectivity index (χ1n) is 13.5. The Kier molecular flexibility index (Phi) is 14.8. The zero-order valence-corrected chi connectivity index (χ0v) is 22.7. The smallest absolute Gasteiger partial charge is 0.162 e. The van der Waals surface area contributed by atoms with Crippen molar-refractivity contribution in [2.75, 3.05) is 0 Å². The fraction of sp³-hybridized carbons (Fsp3) is 0.655. The van der Waals surface area contributed by atoms with Crippen LogP contribution in [0.25, 0.3) is 11.4 Å². The van der Waals surface area contributed by atoms with Crippen LogP contribution in [0, 0.1) is 0 Å². The molecule has 0 radical (unpaired) electrons. The average Bonchev–Trinajstić information content (AvgIpc) is 2.83. The number of unbranched alkanes of at least 4 members (excludes halogenated alkanes) is 10. The van der Waals surface area contributed by atoms with Gasteiger partial charge in [-0.05, 0) is 37.7 Å². The van der Waals surface area contributed by atoms with Gasteiger partial charge < -0.3 is 0 Å². The number of halogens is 3. The van der Waals surface area contributed by atoms with Crippen LogP contribution < -0.4 is 0 Å². The first-order valence-corrected chi connectivity index (χ1v) is 14.3. The number of rotatable bonds is 18. The lowest BCUT2D eigenvalue weighted by Gasteiger charge is -2.11. The standard InChI is InChI=1S/C29H43Cl2FN2/c1-3-5-7-9-10-11-12-13-15-23-17-19-24(20-18-23)29-33-27(30)26(28(31)34-29)22-21-25(32)16-14-8-6-4-2/h17-20,25H,3-16,21-22H2,1-2H3/t25-/m0/s1. The molecule has 34 heavy (non-hydrogen) atoms. The van der Waals surface area contributed by atoms with E-state index in [1.54, 1.807) is 0 Å². The molecule has 1 atom stereocenters. The molecule has 0 aliphatic rings. The third-order valence-corrected chi connectivity index (χ3v) is 7.14. The Morgan fingerprint density at radius 2 is 1.21 bits per heavy atom. The molecule has 0 saturated heterocycles. The van der Waals surface area contributed by atoms with Gasteiger partial charge in [-0.2, -0.15) is 0 Å². The van der Waals surface area contributed by atoms with E-state index in [9.17, 15) is 4.39 Å². The topological polar surface area (TPSA) is 25.8 Å². The van der Waals surface area contributed by atoms with Crippen LogP contribution in [0.1, 0.15) is 115 Å². The lowest BCUT2D eigenvalue weighted by Crippen LogP contribution is -2.05. The third-order valence-electron chi connectivity index (χ3n) is 6.52. The number of nitrogens with zero attached hydrogens (tertiary/aromatic N) is 2. The molecule has 2 aromatic rings. The van der Waals surface area contributed by atoms with Gasteiger partial charge in [0.15, 0.2) is 5.82 Å². The minimum Gasteiger partial charge on any atom is -0.247 e. The summed E-state index contributed by atoms with van der Waals surface area (Å²) in [7, 11) is 0. The number of aromatic nitrogens is 2. The minimum atomic E-state index is -0.836. The molecule has 1 heterocycles. The molecule has 1 aromatic heterocycles. The largest absolute Gasteiger partial charge is 0.247 e. The summed E-state index contributed by atoms with van der Waals surface area (Å²) < 4.78 is 14.2. The van der Waals surface area contributed by atoms with Crippen LogP contribution in [-0.4, -0.2) is 16.1 Å². The second-order valence-electron chi connectivity index (χ2n) is 9.51. The Morgan fingerprint density at radius 3 is 1.79 bits per heavy atom. The van der Waals surface area contributed by atoms with Gasteiger partial charge in [0, 0.05) is 11.1 Å². The maximum absolute atomic E-state index is 14.2. The average molecular weight is 510 g/mol. The van der Waals surface area contributed by atoms with E-state index in [1.807, 2.05) is 12.1 Å². The van der Waals surface area contributed by atoms with Crippen LogP contribution in [0.2, 0.25) is 10.3 Å². The highest BCUT2D eigenvalue weighted by Gasteiger charge is 2.15. The van der Waals surface area contributed by atoms with Gasteiger partial charge in [0.1, 0.15) is 16.5 Å². The van der Waals surface area contributed by atoms with Crippen LogP contribution in [0.5, 0.6) is 0 Å². The molecule has 0 saturated carbocycles. The molecule has 190 valence electrons. The van der Waals surface area contributed by atoms with Crippen molar-refractivity contribution in [2.24, 2.45) is 0 Å². The van der Waals surface area contributed by atoms with Crippen molar-refractivity contribution in [1.82, 2.24) is 9.97 Å². The molecule has 0 unspecified atom stereocenters. The summed E-state index contributed by atoms with van der Waals surface area (Å²) >= 11 is 12.9. The van der Waals surface area contributed by atoms with Gasteiger partial charge in [0.2, 0.25) is 0 Å². The maximum Gasteiger partial charge on any atom is 0.162 e. The molecule has 2 rings (SSSR count). The summed E-state index contributed by atoms with van der Waals surface area (Å²) in [4.78, 5) is 8.93. The molecule has 0 bridgehead atoms. The van der Waals surface area contributed by atoms with E-state index in [0.717, 1.165) is 31.2 Å². The molecular formula is C29H43Cl2FN2. The van der Waals surface area contributed by atoms with E-state index in [-0.39, 0.29) is 0 Å². The van der Waals surface area contributed by atoms with Gasteiger partial charge in [-0.25, -0.2) is 14.4 Å². The zero-order chi connectivity index (χ0) is 24.6. The highest BCUT2D eigenvalue weighted by Crippen LogP contribution is 2.28. The van der Waals surface area contributed by atoms with Gasteiger partial charge in [0.05, 0.1) is 0 Å². The summed E-state index contributed by atoms with van der Waals surface area (Å²) in [5.41, 5.74) is 2.88. The molecule has 0 aliphatic carbocycles. The Balaban J connectivity index is 1.81. The summed E-state index contributed by atoms with van der Waals surface area (Å²) in [6.45, 7) is 4.42. The Labute approximate surface area is 217 Å². The Bertz CT molecular complexity index is 787. The Hall–Kier alpha value is -1.19. The SMILES string of the molecule is CCCCCCCCCCc1ccc(-c2nc(Cl)c(CC[C@@H](F)CCCCCC)c(Cl)n2)cc1. The fourth-order valence-electron chi connectivity index (χ4n) is 4.29. The minimum absolute atomic E-state index is 0.330. The van der Waals surface area contributed by atoms with Crippen molar-refractivity contribution < 1.29 is 4.39 Å². The number of hydrogen-bond acceptors (Lipinski definition) is 2. The molecule has 0 fully saturated rings. The van der Waals surface area contributed by atoms with E-state index in [4.69, 9.17) is 23.2 Å². The van der Waals surface area contributed by atoms with Crippen molar-refractivity contribution in [2.45, 2.75) is 123 Å². The molecule has 5 heteroatoms. The quantitative estimate of drug-likeness (QED) is 0.148. The van der Waals surface area contributed by atoms with Gasteiger partial charge in [-0.3, -0.25) is 0 Å². The second-order valence-corrected chi connectivity index (χ2v) is 10.2. The van der Waals surface area contributed by atoms with E-state index in [2.05, 4.69) is 35.9 Å². The molecule has 2 nitrogen and oxygen atoms in total. The zero-order valence-electron chi connectivity index (χ0n) is 21.2. The van der Waals surface area contributed by atoms with Gasteiger partial charge in [-0.15, -0.1) is 0 Å². The molecular weight excluding hydrogens is 466 g/mol. The van der Waals surface area contributed by atoms with E-state index in [1.165, 1.54) is 63.4 Å². The van der Waals surface area contributed by atoms with Crippen LogP contribution in [0.4, 0.5) is 4.39 Å². The van der Waals surface area contributed by atoms with Crippen LogP contribution in [0.3, 0.4) is 0 Å². The summed E-state index contributed by atoms with van der Waals surface area (Å²) in [5, 5.41) is 0.660. The summed E-state index contributed by atoms with van der Waals surface area (Å²) in [6, 6.07) is 8.36. The molecule has 0 spiro atoms. The van der Waals surface area contributed by atoms with E-state index >= 15 is 0 Å². The predicted molar refractivity (Wildman–Crippen MR) is 146 cm³/mol. The number of hydrogen-bond donors (Lipinski definition) is 0. The summed E-state index contributed by atoms with van der Waals surface area (Å²) in [5.74, 6) is 0.522. The first-order chi connectivity index (χ1) is 16.5. The summed E-state index contributed by atoms with van der Waals surface area (Å²) in [6.07, 6.45) is 16.7. The highest BCUT2D eigenvalue weighted by molar-refractivity contribution is 6.34. The van der Waals surface area contributed by atoms with E-state index in [0.29, 0.717) is 41.0 Å².